The first-order valence-electron chi connectivity index (χ1n) is 11.7. The first-order chi connectivity index (χ1) is 14.6. The van der Waals surface area contributed by atoms with Gasteiger partial charge in [0, 0.05) is 5.56 Å². The Hall–Kier alpha value is -1.66. The van der Waals surface area contributed by atoms with Gasteiger partial charge in [-0.1, -0.05) is 72.1 Å². The molecule has 0 aliphatic carbocycles. The van der Waals surface area contributed by atoms with Crippen molar-refractivity contribution in [2.75, 3.05) is 6.61 Å². The Balaban J connectivity index is 2.11. The summed E-state index contributed by atoms with van der Waals surface area (Å²) < 4.78 is 6.08. The van der Waals surface area contributed by atoms with Crippen LogP contribution in [0.5, 0.6) is 5.75 Å². The predicted molar refractivity (Wildman–Crippen MR) is 137 cm³/mol. The molecule has 0 saturated heterocycles. The molecule has 0 N–H and O–H groups in total. The predicted octanol–water partition coefficient (Wildman–Crippen LogP) is 7.65. The summed E-state index contributed by atoms with van der Waals surface area (Å²) in [6.45, 7) is 18.1. The van der Waals surface area contributed by atoms with E-state index in [1.807, 2.05) is 6.07 Å². The van der Waals surface area contributed by atoms with E-state index in [1.165, 1.54) is 24.8 Å². The topological polar surface area (TPSA) is 26.3 Å². The number of aryl methyl sites for hydroxylation is 3. The summed E-state index contributed by atoms with van der Waals surface area (Å²) in [5.74, 6) is 1.53. The molecule has 2 atom stereocenters. The minimum Gasteiger partial charge on any atom is -0.493 e. The summed E-state index contributed by atoms with van der Waals surface area (Å²) in [5.41, 5.74) is 5.76. The smallest absolute Gasteiger partial charge is 0.186 e. The van der Waals surface area contributed by atoms with Crippen molar-refractivity contribution in [2.24, 2.45) is 5.92 Å². The lowest BCUT2D eigenvalue weighted by atomic mass is 9.84. The maximum atomic E-state index is 13.2. The molecule has 170 valence electrons. The van der Waals surface area contributed by atoms with Crippen molar-refractivity contribution in [3.05, 3.63) is 58.1 Å². The molecule has 0 aromatic heterocycles. The molecule has 0 radical (unpaired) electrons. The number of benzene rings is 2. The van der Waals surface area contributed by atoms with Crippen LogP contribution in [0.1, 0.15) is 92.9 Å². The van der Waals surface area contributed by atoms with Crippen LogP contribution in [0.3, 0.4) is 0 Å². The van der Waals surface area contributed by atoms with Crippen molar-refractivity contribution in [3.8, 4) is 5.75 Å². The largest absolute Gasteiger partial charge is 0.493 e. The zero-order valence-electron chi connectivity index (χ0n) is 20.8. The first-order valence-corrected chi connectivity index (χ1v) is 12.7. The molecular formula is C28H41O2P. The molecule has 2 nitrogen and oxygen atoms in total. The molecule has 0 amide bonds. The van der Waals surface area contributed by atoms with Crippen LogP contribution in [-0.2, 0) is 5.41 Å². The molecule has 0 aliphatic rings. The normalized spacial score (nSPS) is 13.0. The lowest BCUT2D eigenvalue weighted by molar-refractivity contribution is 0.108. The lowest BCUT2D eigenvalue weighted by Gasteiger charge is -2.22. The van der Waals surface area contributed by atoms with Crippen LogP contribution in [0, 0.1) is 26.7 Å². The molecule has 2 aromatic rings. The highest BCUT2D eigenvalue weighted by Crippen LogP contribution is 2.31. The van der Waals surface area contributed by atoms with E-state index in [1.54, 1.807) is 0 Å². The van der Waals surface area contributed by atoms with Crippen molar-refractivity contribution < 1.29 is 9.53 Å². The molecule has 0 fully saturated rings. The average molecular weight is 441 g/mol. The fourth-order valence-corrected chi connectivity index (χ4v) is 5.12. The first kappa shape index (κ1) is 25.6. The number of hydrogen-bond acceptors (Lipinski definition) is 2. The van der Waals surface area contributed by atoms with Crippen LogP contribution in [0.25, 0.3) is 0 Å². The molecule has 2 aromatic carbocycles. The Bertz CT molecular complexity index is 869. The van der Waals surface area contributed by atoms with Crippen LogP contribution >= 0.6 is 8.58 Å². The van der Waals surface area contributed by atoms with Gasteiger partial charge in [-0.25, -0.2) is 0 Å². The van der Waals surface area contributed by atoms with Gasteiger partial charge in [0.15, 0.2) is 5.52 Å². The highest BCUT2D eigenvalue weighted by Gasteiger charge is 2.20. The van der Waals surface area contributed by atoms with Crippen LogP contribution < -0.4 is 10.0 Å². The number of hydrogen-bond donors (Lipinski definition) is 0. The van der Waals surface area contributed by atoms with Gasteiger partial charge in [-0.05, 0) is 86.8 Å². The van der Waals surface area contributed by atoms with Crippen molar-refractivity contribution in [3.63, 3.8) is 0 Å². The van der Waals surface area contributed by atoms with Gasteiger partial charge >= 0.3 is 0 Å². The minimum absolute atomic E-state index is 0.0825. The van der Waals surface area contributed by atoms with Gasteiger partial charge in [-0.3, -0.25) is 4.79 Å². The zero-order chi connectivity index (χ0) is 23.2. The fraction of sp³-hybridized carbons (Fsp3) is 0.536. The van der Waals surface area contributed by atoms with Gasteiger partial charge < -0.3 is 4.74 Å². The maximum Gasteiger partial charge on any atom is 0.186 e. The molecular weight excluding hydrogens is 399 g/mol. The second kappa shape index (κ2) is 11.3. The van der Waals surface area contributed by atoms with Crippen molar-refractivity contribution in [1.29, 1.82) is 0 Å². The van der Waals surface area contributed by atoms with Gasteiger partial charge in [0.25, 0.3) is 0 Å². The van der Waals surface area contributed by atoms with Crippen LogP contribution in [0.15, 0.2) is 30.3 Å². The molecule has 2 unspecified atom stereocenters. The van der Waals surface area contributed by atoms with Gasteiger partial charge in [0.05, 0.1) is 6.61 Å². The maximum absolute atomic E-state index is 13.2. The summed E-state index contributed by atoms with van der Waals surface area (Å²) in [5, 5.41) is 1.11. The molecule has 0 heterocycles. The summed E-state index contributed by atoms with van der Waals surface area (Å²) in [4.78, 5) is 13.2. The van der Waals surface area contributed by atoms with Crippen molar-refractivity contribution in [1.82, 2.24) is 0 Å². The Morgan fingerprint density at radius 1 is 1.00 bits per heavy atom. The Kier molecular flexibility index (Phi) is 9.31. The molecule has 0 aliphatic heterocycles. The van der Waals surface area contributed by atoms with E-state index in [9.17, 15) is 4.79 Å². The number of carbonyl (C=O) groups is 1. The second-order valence-electron chi connectivity index (χ2n) is 9.89. The average Bonchev–Trinajstić information content (AvgIpc) is 2.68. The minimum atomic E-state index is 0.0825. The molecule has 2 rings (SSSR count). The molecule has 31 heavy (non-hydrogen) atoms. The van der Waals surface area contributed by atoms with E-state index >= 15 is 0 Å². The van der Waals surface area contributed by atoms with Gasteiger partial charge in [0.1, 0.15) is 5.75 Å². The molecule has 0 spiro atoms. The lowest BCUT2D eigenvalue weighted by Crippen LogP contribution is -2.14. The fourth-order valence-electron chi connectivity index (χ4n) is 3.92. The van der Waals surface area contributed by atoms with E-state index in [0.717, 1.165) is 46.3 Å². The van der Waals surface area contributed by atoms with E-state index in [-0.39, 0.29) is 19.5 Å². The van der Waals surface area contributed by atoms with E-state index in [0.29, 0.717) is 5.92 Å². The van der Waals surface area contributed by atoms with Crippen molar-refractivity contribution in [2.45, 2.75) is 86.5 Å². The van der Waals surface area contributed by atoms with Gasteiger partial charge in [-0.2, -0.15) is 0 Å². The third-order valence-corrected chi connectivity index (χ3v) is 7.41. The van der Waals surface area contributed by atoms with E-state index in [2.05, 4.69) is 79.7 Å². The summed E-state index contributed by atoms with van der Waals surface area (Å²) >= 11 is 0. The van der Waals surface area contributed by atoms with Gasteiger partial charge in [-0.15, -0.1) is 0 Å². The Morgan fingerprint density at radius 3 is 2.16 bits per heavy atom. The number of ether oxygens (including phenoxy) is 1. The summed E-state index contributed by atoms with van der Waals surface area (Å²) in [7, 11) is 0.130. The number of rotatable bonds is 10. The number of carbonyl (C=O) groups excluding carboxylic acids is 1. The van der Waals surface area contributed by atoms with Gasteiger partial charge in [0.2, 0.25) is 0 Å². The third kappa shape index (κ3) is 7.18. The third-order valence-electron chi connectivity index (χ3n) is 6.10. The Labute approximate surface area is 192 Å². The summed E-state index contributed by atoms with van der Waals surface area (Å²) in [6.07, 6.45) is 4.88. The highest BCUT2D eigenvalue weighted by atomic mass is 31.1. The van der Waals surface area contributed by atoms with Crippen LogP contribution in [0.4, 0.5) is 0 Å². The standard InChI is InChI=1S/C28H41O2P/c1-9-11-12-22(10-2)18-30-24-13-14-25(19(3)17-24)31-27(29)26-20(4)15-23(16-21(26)5)28(6,7)8/h13-17,22,31H,9-12,18H2,1-8H3. The molecule has 0 bridgehead atoms. The Morgan fingerprint density at radius 2 is 1.65 bits per heavy atom. The van der Waals surface area contributed by atoms with Crippen LogP contribution in [-0.4, -0.2) is 12.1 Å². The highest BCUT2D eigenvalue weighted by molar-refractivity contribution is 7.66. The van der Waals surface area contributed by atoms with E-state index < -0.39 is 0 Å². The van der Waals surface area contributed by atoms with Crippen molar-refractivity contribution >= 4 is 19.4 Å². The zero-order valence-corrected chi connectivity index (χ0v) is 21.8. The molecule has 0 saturated carbocycles. The summed E-state index contributed by atoms with van der Waals surface area (Å²) in [6, 6.07) is 10.5. The molecule has 3 heteroatoms. The van der Waals surface area contributed by atoms with E-state index in [4.69, 9.17) is 4.74 Å². The second-order valence-corrected chi connectivity index (χ2v) is 11.1. The SMILES string of the molecule is CCCCC(CC)COc1ccc(PC(=O)c2c(C)cc(C(C)(C)C)cc2C)c(C)c1. The quantitative estimate of drug-likeness (QED) is 0.355. The number of unbranched alkanes of at least 4 members (excludes halogenated alkanes) is 1. The van der Waals surface area contributed by atoms with Crippen LogP contribution in [0.2, 0.25) is 0 Å². The monoisotopic (exact) mass is 440 g/mol.